The van der Waals surface area contributed by atoms with Crippen LogP contribution >= 0.6 is 0 Å². The number of rotatable bonds is 1. The Bertz CT molecular complexity index is 1030. The molecule has 5 rings (SSSR count). The van der Waals surface area contributed by atoms with Crippen molar-refractivity contribution < 1.29 is 14.6 Å². The molecular weight excluding hydrogens is 332 g/mol. The third-order valence-electron chi connectivity index (χ3n) is 5.74. The van der Waals surface area contributed by atoms with Crippen LogP contribution in [-0.2, 0) is 28.3 Å². The normalized spacial score (nSPS) is 30.6. The Morgan fingerprint density at radius 2 is 2.15 bits per heavy atom. The lowest BCUT2D eigenvalue weighted by Crippen LogP contribution is -2.44. The topological polar surface area (TPSA) is 80.9 Å². The molecule has 0 spiro atoms. The lowest BCUT2D eigenvalue weighted by molar-refractivity contribution is -0.172. The van der Waals surface area contributed by atoms with E-state index in [1.165, 1.54) is 0 Å². The molecule has 0 bridgehead atoms. The summed E-state index contributed by atoms with van der Waals surface area (Å²) in [4.78, 5) is 30.0. The van der Waals surface area contributed by atoms with E-state index in [2.05, 4.69) is 12.2 Å². The van der Waals surface area contributed by atoms with Crippen LogP contribution in [0.3, 0.4) is 0 Å². The summed E-state index contributed by atoms with van der Waals surface area (Å²) in [5.41, 5.74) is 1.18. The summed E-state index contributed by atoms with van der Waals surface area (Å²) in [6, 6.07) is 1.77. The van der Waals surface area contributed by atoms with Gasteiger partial charge in [-0.3, -0.25) is 9.79 Å². The van der Waals surface area contributed by atoms with Crippen molar-refractivity contribution in [3.63, 3.8) is 0 Å². The molecule has 0 aromatic carbocycles. The predicted octanol–water partition coefficient (Wildman–Crippen LogP) is 1.36. The van der Waals surface area contributed by atoms with Gasteiger partial charge >= 0.3 is 5.97 Å². The third-order valence-corrected chi connectivity index (χ3v) is 5.74. The van der Waals surface area contributed by atoms with Gasteiger partial charge < -0.3 is 14.4 Å². The number of aliphatic hydroxyl groups is 1. The number of carbonyl (C=O) groups excluding carboxylic acids is 1. The Morgan fingerprint density at radius 1 is 1.35 bits per heavy atom. The molecule has 6 heteroatoms. The zero-order chi connectivity index (χ0) is 18.1. The third kappa shape index (κ3) is 1.88. The minimum atomic E-state index is -1.78. The average molecular weight is 350 g/mol. The Kier molecular flexibility index (Phi) is 3.07. The fourth-order valence-corrected chi connectivity index (χ4v) is 4.22. The van der Waals surface area contributed by atoms with E-state index < -0.39 is 11.6 Å². The number of carbonyl (C=O) groups is 1. The monoisotopic (exact) mass is 350 g/mol. The quantitative estimate of drug-likeness (QED) is 0.776. The van der Waals surface area contributed by atoms with Crippen LogP contribution in [0.4, 0.5) is 0 Å². The molecule has 0 unspecified atom stereocenters. The Balaban J connectivity index is 1.73. The van der Waals surface area contributed by atoms with Crippen molar-refractivity contribution in [3.8, 4) is 0 Å². The van der Waals surface area contributed by atoms with E-state index in [1.807, 2.05) is 18.2 Å². The summed E-state index contributed by atoms with van der Waals surface area (Å²) in [5.74, 6) is -0.493. The van der Waals surface area contributed by atoms with E-state index in [1.54, 1.807) is 17.6 Å². The van der Waals surface area contributed by atoms with Gasteiger partial charge in [0.2, 0.25) is 0 Å². The molecule has 0 fully saturated rings. The van der Waals surface area contributed by atoms with Gasteiger partial charge in [-0.25, -0.2) is 4.79 Å². The van der Waals surface area contributed by atoms with Gasteiger partial charge in [-0.1, -0.05) is 37.3 Å². The number of esters is 1. The van der Waals surface area contributed by atoms with Crippen LogP contribution in [0.25, 0.3) is 0 Å². The van der Waals surface area contributed by atoms with Gasteiger partial charge in [0, 0.05) is 11.5 Å². The van der Waals surface area contributed by atoms with Crippen molar-refractivity contribution >= 4 is 11.7 Å². The highest BCUT2D eigenvalue weighted by molar-refractivity contribution is 6.14. The van der Waals surface area contributed by atoms with Crippen LogP contribution in [0, 0.1) is 5.92 Å². The van der Waals surface area contributed by atoms with Gasteiger partial charge in [0.15, 0.2) is 5.60 Å². The first kappa shape index (κ1) is 15.5. The van der Waals surface area contributed by atoms with Gasteiger partial charge in [0.25, 0.3) is 5.56 Å². The van der Waals surface area contributed by atoms with Crippen LogP contribution < -0.4 is 5.56 Å². The number of pyridine rings is 1. The number of aliphatic imine (C=N–C) groups is 1. The number of ether oxygens (including phenoxy) is 1. The first-order valence-electron chi connectivity index (χ1n) is 8.84. The molecule has 132 valence electrons. The zero-order valence-electron chi connectivity index (χ0n) is 14.3. The van der Waals surface area contributed by atoms with Crippen molar-refractivity contribution in [2.45, 2.75) is 38.1 Å². The Morgan fingerprint density at radius 3 is 2.96 bits per heavy atom. The maximum absolute atomic E-state index is 13.0. The average Bonchev–Trinajstić information content (AvgIpc) is 3.01. The van der Waals surface area contributed by atoms with Crippen LogP contribution in [0.5, 0.6) is 0 Å². The van der Waals surface area contributed by atoms with Gasteiger partial charge in [-0.2, -0.15) is 0 Å². The van der Waals surface area contributed by atoms with Crippen molar-refractivity contribution in [3.05, 3.63) is 69.2 Å². The first-order chi connectivity index (χ1) is 12.5. The molecule has 0 saturated heterocycles. The van der Waals surface area contributed by atoms with Crippen LogP contribution in [0.15, 0.2) is 51.8 Å². The second-order valence-electron chi connectivity index (χ2n) is 7.11. The van der Waals surface area contributed by atoms with E-state index in [9.17, 15) is 14.7 Å². The standard InChI is InChI=1S/C20H18N2O4/c1-2-20(25)14-8-16-17-12(7-11-5-3-4-6-15(11)21-17)9-22(16)18(23)13(14)10-26-19(20)24/h3-8,11,15,25H,2,9-10H2,1H3/t11-,15-,20-/m0/s1. The van der Waals surface area contributed by atoms with Crippen LogP contribution in [-0.4, -0.2) is 27.4 Å². The maximum Gasteiger partial charge on any atom is 0.343 e. The van der Waals surface area contributed by atoms with E-state index in [0.717, 1.165) is 11.3 Å². The van der Waals surface area contributed by atoms with Crippen LogP contribution in [0.1, 0.15) is 30.2 Å². The molecule has 0 saturated carbocycles. The number of nitrogens with zero attached hydrogens (tertiary/aromatic N) is 2. The number of hydrogen-bond donors (Lipinski definition) is 1. The molecule has 3 atom stereocenters. The molecule has 4 heterocycles. The van der Waals surface area contributed by atoms with Gasteiger partial charge in [-0.15, -0.1) is 0 Å². The summed E-state index contributed by atoms with van der Waals surface area (Å²) in [6.45, 7) is 2.06. The van der Waals surface area contributed by atoms with Crippen molar-refractivity contribution in [2.24, 2.45) is 10.9 Å². The molecule has 1 N–H and O–H groups in total. The largest absolute Gasteiger partial charge is 0.458 e. The number of allylic oxidation sites excluding steroid dienone is 3. The molecule has 4 aliphatic rings. The van der Waals surface area contributed by atoms with Crippen LogP contribution in [0.2, 0.25) is 0 Å². The minimum Gasteiger partial charge on any atom is -0.458 e. The smallest absolute Gasteiger partial charge is 0.343 e. The number of hydrogen-bond acceptors (Lipinski definition) is 5. The highest BCUT2D eigenvalue weighted by Gasteiger charge is 2.45. The fourth-order valence-electron chi connectivity index (χ4n) is 4.22. The number of fused-ring (bicyclic) bond motifs is 5. The van der Waals surface area contributed by atoms with Gasteiger partial charge in [-0.05, 0) is 18.1 Å². The molecule has 1 aromatic heterocycles. The second kappa shape index (κ2) is 5.14. The SMILES string of the molecule is CC[C@@]1(O)C(=O)OCc2c1cc1n(c2=O)CC2=C[C@@H]3C=CC=C[C@@H]3N=C21. The number of aromatic nitrogens is 1. The molecule has 26 heavy (non-hydrogen) atoms. The van der Waals surface area contributed by atoms with Gasteiger partial charge in [0.1, 0.15) is 6.61 Å². The first-order valence-corrected chi connectivity index (χ1v) is 8.84. The molecule has 1 aromatic rings. The number of dihydropyridines is 1. The Hall–Kier alpha value is -2.73. The van der Waals surface area contributed by atoms with Gasteiger partial charge in [0.05, 0.1) is 29.6 Å². The molecule has 6 nitrogen and oxygen atoms in total. The highest BCUT2D eigenvalue weighted by atomic mass is 16.6. The minimum absolute atomic E-state index is 0.0199. The Labute approximate surface area is 149 Å². The lowest BCUT2D eigenvalue weighted by Gasteiger charge is -2.31. The van der Waals surface area contributed by atoms with E-state index in [-0.39, 0.29) is 30.5 Å². The summed E-state index contributed by atoms with van der Waals surface area (Å²) in [5, 5.41) is 10.8. The maximum atomic E-state index is 13.0. The molecule has 0 radical (unpaired) electrons. The predicted molar refractivity (Wildman–Crippen MR) is 94.9 cm³/mol. The van der Waals surface area contributed by atoms with E-state index in [4.69, 9.17) is 9.73 Å². The van der Waals surface area contributed by atoms with Crippen molar-refractivity contribution in [2.75, 3.05) is 0 Å². The highest BCUT2D eigenvalue weighted by Crippen LogP contribution is 2.36. The summed E-state index contributed by atoms with van der Waals surface area (Å²) in [7, 11) is 0. The summed E-state index contributed by atoms with van der Waals surface area (Å²) in [6.07, 6.45) is 10.4. The summed E-state index contributed by atoms with van der Waals surface area (Å²) < 4.78 is 6.75. The molecule has 3 aliphatic heterocycles. The fraction of sp³-hybridized carbons (Fsp3) is 0.350. The molecule has 1 aliphatic carbocycles. The molecule has 0 amide bonds. The lowest BCUT2D eigenvalue weighted by atomic mass is 9.85. The van der Waals surface area contributed by atoms with Crippen molar-refractivity contribution in [1.82, 2.24) is 4.57 Å². The van der Waals surface area contributed by atoms with Crippen molar-refractivity contribution in [1.29, 1.82) is 0 Å². The van der Waals surface area contributed by atoms with E-state index in [0.29, 0.717) is 23.4 Å². The second-order valence-corrected chi connectivity index (χ2v) is 7.11. The molecular formula is C20H18N2O4. The zero-order valence-corrected chi connectivity index (χ0v) is 14.3. The van der Waals surface area contributed by atoms with E-state index >= 15 is 0 Å². The summed E-state index contributed by atoms with van der Waals surface area (Å²) >= 11 is 0. The number of cyclic esters (lactones) is 1.